The van der Waals surface area contributed by atoms with Gasteiger partial charge in [0.25, 0.3) is 5.56 Å². The first kappa shape index (κ1) is 28.2. The Bertz CT molecular complexity index is 1820. The van der Waals surface area contributed by atoms with Gasteiger partial charge in [-0.15, -0.1) is 0 Å². The van der Waals surface area contributed by atoms with Gasteiger partial charge in [-0.1, -0.05) is 76.4 Å². The van der Waals surface area contributed by atoms with Crippen molar-refractivity contribution in [3.8, 4) is 11.3 Å². The van der Waals surface area contributed by atoms with Crippen molar-refractivity contribution in [3.05, 3.63) is 116 Å². The molecule has 10 nitrogen and oxygen atoms in total. The molecule has 0 spiro atoms. The number of anilines is 2. The first-order chi connectivity index (χ1) is 19.7. The van der Waals surface area contributed by atoms with E-state index in [4.69, 9.17) is 50.9 Å². The van der Waals surface area contributed by atoms with Crippen LogP contribution < -0.4 is 27.5 Å². The monoisotopic (exact) mass is 609 g/mol. The third kappa shape index (κ3) is 6.21. The minimum Gasteiger partial charge on any atom is -0.388 e. The predicted molar refractivity (Wildman–Crippen MR) is 161 cm³/mol. The number of benzene rings is 3. The third-order valence-electron chi connectivity index (χ3n) is 6.21. The van der Waals surface area contributed by atoms with Crippen molar-refractivity contribution < 1.29 is 9.32 Å². The number of rotatable bonds is 8. The molecule has 0 bridgehead atoms. The number of amides is 1. The highest BCUT2D eigenvalue weighted by Crippen LogP contribution is 2.32. The lowest BCUT2D eigenvalue weighted by molar-refractivity contribution is -0.119. The van der Waals surface area contributed by atoms with Crippen LogP contribution >= 0.6 is 34.8 Å². The number of carbonyl (C=O) groups is 1. The van der Waals surface area contributed by atoms with Crippen molar-refractivity contribution in [1.29, 1.82) is 0 Å². The van der Waals surface area contributed by atoms with Crippen LogP contribution in [0.25, 0.3) is 22.2 Å². The van der Waals surface area contributed by atoms with Crippen LogP contribution in [0.4, 0.5) is 11.5 Å². The summed E-state index contributed by atoms with van der Waals surface area (Å²) in [7, 11) is 0. The minimum atomic E-state index is -0.985. The van der Waals surface area contributed by atoms with Gasteiger partial charge in [0.15, 0.2) is 11.4 Å². The van der Waals surface area contributed by atoms with E-state index in [0.29, 0.717) is 32.3 Å². The number of aromatic nitrogens is 3. The molecule has 1 amide bonds. The average Bonchev–Trinajstić information content (AvgIpc) is 3.36. The van der Waals surface area contributed by atoms with Gasteiger partial charge in [0, 0.05) is 23.1 Å². The summed E-state index contributed by atoms with van der Waals surface area (Å²) in [4.78, 5) is 31.7. The molecular weight excluding hydrogens is 589 g/mol. The summed E-state index contributed by atoms with van der Waals surface area (Å²) in [6, 6.07) is 19.6. The second-order valence-electron chi connectivity index (χ2n) is 8.94. The Kier molecular flexibility index (Phi) is 8.27. The van der Waals surface area contributed by atoms with E-state index in [9.17, 15) is 9.59 Å². The Balaban J connectivity index is 1.53. The molecule has 0 aliphatic carbocycles. The standard InChI is InChI=1S/C28H22Cl3N7O3/c29-17-9-10-22(38(33)14-24(31)32)19(12-17)21-13-25(39)37(15-34-21)23(11-16-5-2-1-3-6-16)28(40)35-27-18-7-4-8-20(30)26(18)41-36-27/h1-10,12-15,23H,11,32-33H2,(H,35,36,40)/b24-14-. The third-order valence-corrected chi connectivity index (χ3v) is 6.84. The number of fused-ring (bicyclic) bond motifs is 1. The molecule has 13 heteroatoms. The highest BCUT2D eigenvalue weighted by molar-refractivity contribution is 6.35. The van der Waals surface area contributed by atoms with Gasteiger partial charge < -0.3 is 15.6 Å². The van der Waals surface area contributed by atoms with Crippen LogP contribution in [-0.4, -0.2) is 20.6 Å². The number of halogens is 3. The molecule has 0 fully saturated rings. The summed E-state index contributed by atoms with van der Waals surface area (Å²) in [6.07, 6.45) is 2.80. The van der Waals surface area contributed by atoms with Gasteiger partial charge in [0.05, 0.1) is 34.3 Å². The van der Waals surface area contributed by atoms with E-state index in [0.717, 1.165) is 5.56 Å². The molecule has 0 radical (unpaired) electrons. The molecule has 0 saturated heterocycles. The summed E-state index contributed by atoms with van der Waals surface area (Å²) in [5.41, 5.74) is 7.41. The SMILES string of the molecule is N/C(Cl)=C\N(N)c1ccc(Cl)cc1-c1cc(=O)n(C(Cc2ccccc2)C(=O)Nc2noc3c(Cl)cccc23)cn1. The number of carbonyl (C=O) groups excluding carboxylic acids is 1. The van der Waals surface area contributed by atoms with E-state index < -0.39 is 17.5 Å². The number of hydrazine groups is 1. The van der Waals surface area contributed by atoms with Crippen molar-refractivity contribution in [2.24, 2.45) is 11.6 Å². The summed E-state index contributed by atoms with van der Waals surface area (Å²) < 4.78 is 6.57. The Hall–Kier alpha value is -4.35. The fourth-order valence-corrected chi connectivity index (χ4v) is 4.79. The summed E-state index contributed by atoms with van der Waals surface area (Å²) in [6.45, 7) is 0. The molecule has 0 aliphatic heterocycles. The Morgan fingerprint density at radius 3 is 2.61 bits per heavy atom. The van der Waals surface area contributed by atoms with Crippen LogP contribution in [0.5, 0.6) is 0 Å². The van der Waals surface area contributed by atoms with Gasteiger partial charge in [-0.25, -0.2) is 10.8 Å². The molecule has 0 saturated carbocycles. The number of nitrogens with two attached hydrogens (primary N) is 2. The average molecular weight is 611 g/mol. The minimum absolute atomic E-state index is 0.0475. The highest BCUT2D eigenvalue weighted by Gasteiger charge is 2.25. The molecule has 2 heterocycles. The Morgan fingerprint density at radius 2 is 1.88 bits per heavy atom. The van der Waals surface area contributed by atoms with Gasteiger partial charge in [0.1, 0.15) is 11.2 Å². The van der Waals surface area contributed by atoms with E-state index in [1.165, 1.54) is 28.2 Å². The first-order valence-electron chi connectivity index (χ1n) is 12.1. The zero-order valence-electron chi connectivity index (χ0n) is 21.2. The van der Waals surface area contributed by atoms with Crippen molar-refractivity contribution in [2.75, 3.05) is 10.3 Å². The van der Waals surface area contributed by atoms with Crippen LogP contribution in [-0.2, 0) is 11.2 Å². The van der Waals surface area contributed by atoms with Crippen molar-refractivity contribution in [1.82, 2.24) is 14.7 Å². The maximum absolute atomic E-state index is 13.7. The smallest absolute Gasteiger partial charge is 0.254 e. The summed E-state index contributed by atoms with van der Waals surface area (Å²) in [5, 5.41) is 9.16. The van der Waals surface area contributed by atoms with Crippen LogP contribution in [0.3, 0.4) is 0 Å². The number of para-hydroxylation sites is 1. The number of nitrogens with one attached hydrogen (secondary N) is 1. The maximum Gasteiger partial charge on any atom is 0.254 e. The number of nitrogens with zero attached hydrogens (tertiary/aromatic N) is 4. The van der Waals surface area contributed by atoms with Gasteiger partial charge >= 0.3 is 0 Å². The highest BCUT2D eigenvalue weighted by atomic mass is 35.5. The van der Waals surface area contributed by atoms with Crippen LogP contribution in [0.15, 0.2) is 99.8 Å². The molecule has 1 atom stereocenters. The zero-order chi connectivity index (χ0) is 29.1. The van der Waals surface area contributed by atoms with Gasteiger partial charge in [-0.2, -0.15) is 0 Å². The van der Waals surface area contributed by atoms with Crippen LogP contribution in [0.2, 0.25) is 10.0 Å². The largest absolute Gasteiger partial charge is 0.388 e. The number of hydrogen-bond donors (Lipinski definition) is 3. The van der Waals surface area contributed by atoms with Gasteiger partial charge in [-0.3, -0.25) is 19.2 Å². The molecule has 5 aromatic rings. The molecule has 2 aromatic heterocycles. The lowest BCUT2D eigenvalue weighted by atomic mass is 10.0. The normalized spacial score (nSPS) is 12.3. The Morgan fingerprint density at radius 1 is 1.10 bits per heavy atom. The quantitative estimate of drug-likeness (QED) is 0.119. The van der Waals surface area contributed by atoms with Gasteiger partial charge in [-0.05, 0) is 35.9 Å². The summed E-state index contributed by atoms with van der Waals surface area (Å²) in [5.74, 6) is 5.78. The zero-order valence-corrected chi connectivity index (χ0v) is 23.4. The molecule has 5 N–H and O–H groups in total. The van der Waals surface area contributed by atoms with Crippen LogP contribution in [0.1, 0.15) is 11.6 Å². The van der Waals surface area contributed by atoms with E-state index in [-0.39, 0.29) is 23.1 Å². The van der Waals surface area contributed by atoms with E-state index in [1.807, 2.05) is 30.3 Å². The molecular formula is C28H22Cl3N7O3. The topological polar surface area (TPSA) is 145 Å². The van der Waals surface area contributed by atoms with Gasteiger partial charge in [0.2, 0.25) is 5.91 Å². The fraction of sp³-hybridized carbons (Fsp3) is 0.0714. The second-order valence-corrected chi connectivity index (χ2v) is 10.2. The predicted octanol–water partition coefficient (Wildman–Crippen LogP) is 5.46. The summed E-state index contributed by atoms with van der Waals surface area (Å²) >= 11 is 18.2. The lowest BCUT2D eigenvalue weighted by Crippen LogP contribution is -2.35. The van der Waals surface area contributed by atoms with Crippen LogP contribution in [0, 0.1) is 0 Å². The van der Waals surface area contributed by atoms with Crippen molar-refractivity contribution in [3.63, 3.8) is 0 Å². The van der Waals surface area contributed by atoms with E-state index in [1.54, 1.807) is 36.4 Å². The van der Waals surface area contributed by atoms with E-state index >= 15 is 0 Å². The molecule has 41 heavy (non-hydrogen) atoms. The molecule has 0 aliphatic rings. The Labute approximate surface area is 248 Å². The van der Waals surface area contributed by atoms with Crippen molar-refractivity contribution >= 4 is 63.2 Å². The van der Waals surface area contributed by atoms with Crippen molar-refractivity contribution in [2.45, 2.75) is 12.5 Å². The van der Waals surface area contributed by atoms with E-state index in [2.05, 4.69) is 15.5 Å². The maximum atomic E-state index is 13.7. The first-order valence-corrected chi connectivity index (χ1v) is 13.3. The molecule has 1 unspecified atom stereocenters. The number of hydrogen-bond acceptors (Lipinski definition) is 8. The molecule has 3 aromatic carbocycles. The molecule has 5 rings (SSSR count). The lowest BCUT2D eigenvalue weighted by Gasteiger charge is -2.20. The molecule has 208 valence electrons. The fourth-order valence-electron chi connectivity index (χ4n) is 4.31. The second kappa shape index (κ2) is 12.0.